The molecule has 0 saturated heterocycles. The quantitative estimate of drug-likeness (QED) is 0.376. The zero-order valence-corrected chi connectivity index (χ0v) is 17.7. The van der Waals surface area contributed by atoms with Gasteiger partial charge in [0, 0.05) is 15.8 Å². The molecule has 0 fully saturated rings. The van der Waals surface area contributed by atoms with Crippen molar-refractivity contribution in [3.8, 4) is 5.75 Å². The first-order chi connectivity index (χ1) is 13.2. The molecule has 27 heavy (non-hydrogen) atoms. The first-order valence-electron chi connectivity index (χ1n) is 8.44. The maximum atomic E-state index is 12.2. The number of carbonyl (C=O) groups excluding carboxylic acids is 1. The number of hydrogen-bond donors (Lipinski definition) is 1. The molecule has 0 aliphatic rings. The summed E-state index contributed by atoms with van der Waals surface area (Å²) in [5, 5.41) is 12.0. The van der Waals surface area contributed by atoms with E-state index in [1.807, 2.05) is 66.1 Å². The van der Waals surface area contributed by atoms with Crippen molar-refractivity contribution in [3.63, 3.8) is 0 Å². The fourth-order valence-electron chi connectivity index (χ4n) is 2.38. The van der Waals surface area contributed by atoms with E-state index >= 15 is 0 Å². The Morgan fingerprint density at radius 1 is 1.15 bits per heavy atom. The third-order valence-corrected chi connectivity index (χ3v) is 5.37. The van der Waals surface area contributed by atoms with Gasteiger partial charge in [0.2, 0.25) is 5.91 Å². The van der Waals surface area contributed by atoms with Crippen molar-refractivity contribution in [2.75, 3.05) is 11.1 Å². The maximum absolute atomic E-state index is 12.2. The van der Waals surface area contributed by atoms with Crippen molar-refractivity contribution in [1.82, 2.24) is 14.8 Å². The Hall–Kier alpha value is -2.07. The molecule has 1 heterocycles. The Bertz CT molecular complexity index is 884. The van der Waals surface area contributed by atoms with Crippen LogP contribution in [-0.2, 0) is 17.9 Å². The predicted molar refractivity (Wildman–Crippen MR) is 115 cm³/mol. The van der Waals surface area contributed by atoms with Crippen molar-refractivity contribution in [2.45, 2.75) is 25.2 Å². The van der Waals surface area contributed by atoms with E-state index in [0.29, 0.717) is 18.3 Å². The molecule has 3 rings (SSSR count). The predicted octanol–water partition coefficient (Wildman–Crippen LogP) is 4.21. The van der Waals surface area contributed by atoms with Crippen LogP contribution in [0.2, 0.25) is 0 Å². The fourth-order valence-corrected chi connectivity index (χ4v) is 3.56. The smallest absolute Gasteiger partial charge is 0.234 e. The van der Waals surface area contributed by atoms with Gasteiger partial charge in [-0.05, 0) is 65.9 Å². The van der Waals surface area contributed by atoms with Crippen molar-refractivity contribution < 1.29 is 9.53 Å². The Morgan fingerprint density at radius 2 is 1.89 bits per heavy atom. The van der Waals surface area contributed by atoms with Gasteiger partial charge < -0.3 is 14.6 Å². The lowest BCUT2D eigenvalue weighted by Crippen LogP contribution is -2.15. The normalized spacial score (nSPS) is 10.6. The average molecular weight is 494 g/mol. The van der Waals surface area contributed by atoms with E-state index in [1.54, 1.807) is 0 Å². The number of hydrogen-bond acceptors (Lipinski definition) is 5. The molecule has 2 aromatic carbocycles. The van der Waals surface area contributed by atoms with Crippen LogP contribution in [0.5, 0.6) is 5.75 Å². The molecule has 1 aromatic heterocycles. The number of para-hydroxylation sites is 1. The van der Waals surface area contributed by atoms with Crippen molar-refractivity contribution >= 4 is 45.9 Å². The number of benzene rings is 2. The highest BCUT2D eigenvalue weighted by molar-refractivity contribution is 14.1. The van der Waals surface area contributed by atoms with Gasteiger partial charge in [0.1, 0.15) is 12.4 Å². The molecule has 1 amide bonds. The molecule has 0 bridgehead atoms. The van der Waals surface area contributed by atoms with E-state index in [1.165, 1.54) is 11.8 Å². The molecule has 0 spiro atoms. The van der Waals surface area contributed by atoms with E-state index in [4.69, 9.17) is 4.74 Å². The van der Waals surface area contributed by atoms with Crippen LogP contribution in [0.1, 0.15) is 12.7 Å². The standard InChI is InChI=1S/C19H19IN4O2S/c1-2-24-17(12-26-16-6-4-3-5-7-16)22-23-19(24)27-13-18(25)21-15-10-8-14(20)9-11-15/h3-11H,2,12-13H2,1H3,(H,21,25). The summed E-state index contributed by atoms with van der Waals surface area (Å²) in [6, 6.07) is 17.3. The van der Waals surface area contributed by atoms with Crippen LogP contribution in [0.15, 0.2) is 59.8 Å². The molecule has 8 heteroatoms. The summed E-state index contributed by atoms with van der Waals surface area (Å²) >= 11 is 3.59. The Labute approximate surface area is 175 Å². The first kappa shape index (κ1) is 19.7. The third kappa shape index (κ3) is 5.70. The number of carbonyl (C=O) groups is 1. The molecule has 140 valence electrons. The van der Waals surface area contributed by atoms with Crippen LogP contribution < -0.4 is 10.1 Å². The molecule has 0 aliphatic carbocycles. The summed E-state index contributed by atoms with van der Waals surface area (Å²) in [5.41, 5.74) is 0.787. The summed E-state index contributed by atoms with van der Waals surface area (Å²) in [4.78, 5) is 12.2. The molecule has 0 saturated carbocycles. The Morgan fingerprint density at radius 3 is 2.59 bits per heavy atom. The number of aromatic nitrogens is 3. The number of halogens is 1. The van der Waals surface area contributed by atoms with Crippen LogP contribution in [-0.4, -0.2) is 26.4 Å². The topological polar surface area (TPSA) is 69.0 Å². The summed E-state index contributed by atoms with van der Waals surface area (Å²) in [6.45, 7) is 3.06. The monoisotopic (exact) mass is 494 g/mol. The first-order valence-corrected chi connectivity index (χ1v) is 10.5. The number of anilines is 1. The van der Waals surface area contributed by atoms with Gasteiger partial charge in [-0.3, -0.25) is 4.79 Å². The van der Waals surface area contributed by atoms with Gasteiger partial charge in [-0.15, -0.1) is 10.2 Å². The number of nitrogens with zero attached hydrogens (tertiary/aromatic N) is 3. The molecular formula is C19H19IN4O2S. The van der Waals surface area contributed by atoms with Crippen LogP contribution in [0, 0.1) is 3.57 Å². The van der Waals surface area contributed by atoms with Gasteiger partial charge >= 0.3 is 0 Å². The minimum atomic E-state index is -0.0750. The molecular weight excluding hydrogens is 475 g/mol. The van der Waals surface area contributed by atoms with Crippen molar-refractivity contribution in [1.29, 1.82) is 0 Å². The summed E-state index contributed by atoms with van der Waals surface area (Å²) < 4.78 is 8.84. The number of ether oxygens (including phenoxy) is 1. The minimum Gasteiger partial charge on any atom is -0.486 e. The van der Waals surface area contributed by atoms with E-state index in [0.717, 1.165) is 20.8 Å². The van der Waals surface area contributed by atoms with Gasteiger partial charge in [-0.2, -0.15) is 0 Å². The summed E-state index contributed by atoms with van der Waals surface area (Å²) in [5.74, 6) is 1.72. The van der Waals surface area contributed by atoms with Crippen LogP contribution >= 0.6 is 34.4 Å². The lowest BCUT2D eigenvalue weighted by atomic mass is 10.3. The number of amides is 1. The van der Waals surface area contributed by atoms with Crippen molar-refractivity contribution in [3.05, 3.63) is 64.0 Å². The van der Waals surface area contributed by atoms with E-state index in [2.05, 4.69) is 38.1 Å². The van der Waals surface area contributed by atoms with E-state index in [-0.39, 0.29) is 11.7 Å². The van der Waals surface area contributed by atoms with E-state index in [9.17, 15) is 4.79 Å². The largest absolute Gasteiger partial charge is 0.486 e. The second-order valence-electron chi connectivity index (χ2n) is 5.59. The van der Waals surface area contributed by atoms with Gasteiger partial charge in [-0.25, -0.2) is 0 Å². The lowest BCUT2D eigenvalue weighted by molar-refractivity contribution is -0.113. The number of rotatable bonds is 8. The molecule has 0 unspecified atom stereocenters. The molecule has 0 radical (unpaired) electrons. The molecule has 0 atom stereocenters. The number of thioether (sulfide) groups is 1. The minimum absolute atomic E-state index is 0.0750. The van der Waals surface area contributed by atoms with Crippen LogP contribution in [0.3, 0.4) is 0 Å². The zero-order valence-electron chi connectivity index (χ0n) is 14.8. The molecule has 1 N–H and O–H groups in total. The average Bonchev–Trinajstić information content (AvgIpc) is 3.09. The Balaban J connectivity index is 1.56. The van der Waals surface area contributed by atoms with Gasteiger partial charge in [0.05, 0.1) is 5.75 Å². The lowest BCUT2D eigenvalue weighted by Gasteiger charge is -2.09. The Kier molecular flexibility index (Phi) is 7.11. The highest BCUT2D eigenvalue weighted by atomic mass is 127. The molecule has 6 nitrogen and oxygen atoms in total. The van der Waals surface area contributed by atoms with Gasteiger partial charge in [0.25, 0.3) is 0 Å². The third-order valence-electron chi connectivity index (χ3n) is 3.68. The van der Waals surface area contributed by atoms with Gasteiger partial charge in [-0.1, -0.05) is 30.0 Å². The second-order valence-corrected chi connectivity index (χ2v) is 7.78. The second kappa shape index (κ2) is 9.75. The molecule has 3 aromatic rings. The number of nitrogens with one attached hydrogen (secondary N) is 1. The fraction of sp³-hybridized carbons (Fsp3) is 0.211. The summed E-state index contributed by atoms with van der Waals surface area (Å²) in [7, 11) is 0. The van der Waals surface area contributed by atoms with Crippen molar-refractivity contribution in [2.24, 2.45) is 0 Å². The van der Waals surface area contributed by atoms with Crippen LogP contribution in [0.4, 0.5) is 5.69 Å². The highest BCUT2D eigenvalue weighted by Gasteiger charge is 2.14. The van der Waals surface area contributed by atoms with E-state index < -0.39 is 0 Å². The molecule has 0 aliphatic heterocycles. The maximum Gasteiger partial charge on any atom is 0.234 e. The van der Waals surface area contributed by atoms with Crippen LogP contribution in [0.25, 0.3) is 0 Å². The summed E-state index contributed by atoms with van der Waals surface area (Å²) in [6.07, 6.45) is 0. The van der Waals surface area contributed by atoms with Gasteiger partial charge in [0.15, 0.2) is 11.0 Å². The zero-order chi connectivity index (χ0) is 19.1. The SMILES string of the molecule is CCn1c(COc2ccccc2)nnc1SCC(=O)Nc1ccc(I)cc1. The highest BCUT2D eigenvalue weighted by Crippen LogP contribution is 2.19.